The quantitative estimate of drug-likeness (QED) is 0.447. The smallest absolute Gasteiger partial charge is 0.271 e. The van der Waals surface area contributed by atoms with Gasteiger partial charge in [0.1, 0.15) is 7.11 Å². The molecule has 0 radical (unpaired) electrons. The molecule has 1 heterocycles. The average molecular weight is 288 g/mol. The maximum atomic E-state index is 12.1. The molecule has 2 rings (SSSR count). The first kappa shape index (κ1) is 11.6. The van der Waals surface area contributed by atoms with E-state index in [4.69, 9.17) is 4.84 Å². The molecule has 6 heteroatoms. The van der Waals surface area contributed by atoms with Gasteiger partial charge in [-0.25, -0.2) is 5.01 Å². The highest BCUT2D eigenvalue weighted by molar-refractivity contribution is 9.11. The molecular weight excluding hydrogens is 274 g/mol. The number of oxime groups is 1. The molecule has 88 valence electrons. The van der Waals surface area contributed by atoms with Gasteiger partial charge in [0.05, 0.1) is 11.4 Å². The second-order valence-electron chi connectivity index (χ2n) is 4.11. The van der Waals surface area contributed by atoms with Gasteiger partial charge in [-0.15, -0.1) is 0 Å². The molecule has 0 bridgehead atoms. The average Bonchev–Trinajstić information content (AvgIpc) is 3.04. The fraction of sp³-hybridized carbons (Fsp3) is 0.700. The standard InChI is InChI=1S/C10H14BrN3O2/c1-6(13-16-3)10(11)8(7-4-5-7)12-14(2)9(10)15/h7H,4-5H2,1-3H3. The van der Waals surface area contributed by atoms with Gasteiger partial charge < -0.3 is 4.84 Å². The number of carbonyl (C=O) groups excluding carboxylic acids is 1. The molecule has 0 aromatic carbocycles. The maximum Gasteiger partial charge on any atom is 0.271 e. The molecule has 0 aromatic heterocycles. The van der Waals surface area contributed by atoms with Crippen molar-refractivity contribution in [1.29, 1.82) is 0 Å². The normalized spacial score (nSPS) is 30.8. The van der Waals surface area contributed by atoms with Gasteiger partial charge in [-0.2, -0.15) is 5.10 Å². The van der Waals surface area contributed by atoms with E-state index in [1.807, 2.05) is 0 Å². The Hall–Kier alpha value is -0.910. The first-order chi connectivity index (χ1) is 7.51. The molecule has 1 saturated carbocycles. The van der Waals surface area contributed by atoms with Gasteiger partial charge in [0.25, 0.3) is 5.91 Å². The Balaban J connectivity index is 2.40. The van der Waals surface area contributed by atoms with E-state index in [9.17, 15) is 4.79 Å². The van der Waals surface area contributed by atoms with Gasteiger partial charge in [-0.3, -0.25) is 4.79 Å². The summed E-state index contributed by atoms with van der Waals surface area (Å²) in [4.78, 5) is 16.9. The number of amides is 1. The Labute approximate surface area is 103 Å². The third-order valence-corrected chi connectivity index (χ3v) is 4.21. The van der Waals surface area contributed by atoms with Gasteiger partial charge >= 0.3 is 0 Å². The Bertz CT molecular complexity index is 390. The first-order valence-corrected chi connectivity index (χ1v) is 5.95. The van der Waals surface area contributed by atoms with Crippen LogP contribution in [-0.2, 0) is 9.63 Å². The number of nitrogens with zero attached hydrogens (tertiary/aromatic N) is 3. The Kier molecular flexibility index (Phi) is 2.77. The molecule has 1 atom stereocenters. The van der Waals surface area contributed by atoms with Crippen LogP contribution in [0, 0.1) is 5.92 Å². The molecule has 0 aromatic rings. The Morgan fingerprint density at radius 3 is 2.81 bits per heavy atom. The second kappa shape index (κ2) is 3.84. The van der Waals surface area contributed by atoms with E-state index in [0.717, 1.165) is 18.6 Å². The van der Waals surface area contributed by atoms with Crippen LogP contribution in [-0.4, -0.2) is 40.8 Å². The molecule has 1 amide bonds. The molecule has 0 spiro atoms. The molecule has 1 unspecified atom stereocenters. The Morgan fingerprint density at radius 1 is 1.69 bits per heavy atom. The van der Waals surface area contributed by atoms with Gasteiger partial charge in [0.15, 0.2) is 4.32 Å². The van der Waals surface area contributed by atoms with Crippen molar-refractivity contribution in [3.8, 4) is 0 Å². The maximum absolute atomic E-state index is 12.1. The van der Waals surface area contributed by atoms with Gasteiger partial charge in [-0.05, 0) is 19.8 Å². The van der Waals surface area contributed by atoms with Gasteiger partial charge in [0.2, 0.25) is 0 Å². The molecule has 16 heavy (non-hydrogen) atoms. The fourth-order valence-electron chi connectivity index (χ4n) is 1.87. The summed E-state index contributed by atoms with van der Waals surface area (Å²) in [5, 5.41) is 9.54. The molecule has 0 N–H and O–H groups in total. The summed E-state index contributed by atoms with van der Waals surface area (Å²) >= 11 is 3.49. The molecule has 2 aliphatic rings. The molecule has 5 nitrogen and oxygen atoms in total. The van der Waals surface area contributed by atoms with E-state index >= 15 is 0 Å². The van der Waals surface area contributed by atoms with E-state index in [0.29, 0.717) is 11.6 Å². The first-order valence-electron chi connectivity index (χ1n) is 5.16. The van der Waals surface area contributed by atoms with Crippen molar-refractivity contribution in [3.63, 3.8) is 0 Å². The van der Waals surface area contributed by atoms with Crippen LogP contribution in [0.15, 0.2) is 10.3 Å². The highest BCUT2D eigenvalue weighted by Crippen LogP contribution is 2.42. The van der Waals surface area contributed by atoms with Crippen LogP contribution in [0.25, 0.3) is 0 Å². The summed E-state index contributed by atoms with van der Waals surface area (Å²) < 4.78 is -0.890. The molecule has 1 aliphatic heterocycles. The lowest BCUT2D eigenvalue weighted by Gasteiger charge is -2.20. The van der Waals surface area contributed by atoms with Crippen molar-refractivity contribution in [2.45, 2.75) is 24.1 Å². The lowest BCUT2D eigenvalue weighted by molar-refractivity contribution is -0.127. The topological polar surface area (TPSA) is 54.3 Å². The SMILES string of the molecule is CON=C(C)C1(Br)C(=O)N(C)N=C1C1CC1. The summed E-state index contributed by atoms with van der Waals surface area (Å²) in [5.74, 6) is 0.294. The van der Waals surface area contributed by atoms with Crippen molar-refractivity contribution < 1.29 is 9.63 Å². The zero-order valence-corrected chi connectivity index (χ0v) is 11.1. The van der Waals surface area contributed by atoms with Crippen molar-refractivity contribution in [2.75, 3.05) is 14.2 Å². The predicted octanol–water partition coefficient (Wildman–Crippen LogP) is 1.38. The number of hydrogen-bond acceptors (Lipinski definition) is 4. The second-order valence-corrected chi connectivity index (χ2v) is 5.30. The van der Waals surface area contributed by atoms with Crippen LogP contribution in [0.4, 0.5) is 0 Å². The number of rotatable bonds is 3. The van der Waals surface area contributed by atoms with Gasteiger partial charge in [-0.1, -0.05) is 21.1 Å². The molecular formula is C10H14BrN3O2. The number of halogens is 1. The van der Waals surface area contributed by atoms with Crippen LogP contribution < -0.4 is 0 Å². The molecule has 0 saturated heterocycles. The zero-order chi connectivity index (χ0) is 11.9. The van der Waals surface area contributed by atoms with Crippen molar-refractivity contribution >= 4 is 33.3 Å². The summed E-state index contributed by atoms with van der Waals surface area (Å²) in [7, 11) is 3.13. The highest BCUT2D eigenvalue weighted by Gasteiger charge is 2.55. The van der Waals surface area contributed by atoms with Crippen LogP contribution in [0.5, 0.6) is 0 Å². The highest BCUT2D eigenvalue weighted by atomic mass is 79.9. The van der Waals surface area contributed by atoms with Crippen LogP contribution in [0.3, 0.4) is 0 Å². The van der Waals surface area contributed by atoms with E-state index in [1.54, 1.807) is 14.0 Å². The fourth-order valence-corrected chi connectivity index (χ4v) is 2.60. The minimum absolute atomic E-state index is 0.104. The third kappa shape index (κ3) is 1.55. The number of alkyl halides is 1. The summed E-state index contributed by atoms with van der Waals surface area (Å²) in [6, 6.07) is 0. The van der Waals surface area contributed by atoms with Crippen LogP contribution in [0.1, 0.15) is 19.8 Å². The van der Waals surface area contributed by atoms with Crippen LogP contribution in [0.2, 0.25) is 0 Å². The lowest BCUT2D eigenvalue weighted by Crippen LogP contribution is -2.46. The van der Waals surface area contributed by atoms with E-state index in [2.05, 4.69) is 26.2 Å². The predicted molar refractivity (Wildman–Crippen MR) is 64.7 cm³/mol. The molecule has 1 fully saturated rings. The summed E-state index contributed by atoms with van der Waals surface area (Å²) in [6.45, 7) is 1.77. The minimum Gasteiger partial charge on any atom is -0.399 e. The zero-order valence-electron chi connectivity index (χ0n) is 9.53. The van der Waals surface area contributed by atoms with E-state index in [-0.39, 0.29) is 5.91 Å². The number of hydrogen-bond donors (Lipinski definition) is 0. The largest absolute Gasteiger partial charge is 0.399 e. The van der Waals surface area contributed by atoms with Gasteiger partial charge in [0, 0.05) is 13.0 Å². The molecule has 1 aliphatic carbocycles. The minimum atomic E-state index is -0.890. The Morgan fingerprint density at radius 2 is 2.31 bits per heavy atom. The van der Waals surface area contributed by atoms with Crippen molar-refractivity contribution in [1.82, 2.24) is 5.01 Å². The number of hydrazone groups is 1. The van der Waals surface area contributed by atoms with E-state index < -0.39 is 4.32 Å². The third-order valence-electron chi connectivity index (χ3n) is 2.89. The van der Waals surface area contributed by atoms with Crippen molar-refractivity contribution in [2.24, 2.45) is 16.2 Å². The van der Waals surface area contributed by atoms with Crippen LogP contribution >= 0.6 is 15.9 Å². The summed E-state index contributed by atoms with van der Waals surface area (Å²) in [5.41, 5.74) is 1.45. The number of carbonyl (C=O) groups is 1. The van der Waals surface area contributed by atoms with Crippen molar-refractivity contribution in [3.05, 3.63) is 0 Å². The monoisotopic (exact) mass is 287 g/mol. The lowest BCUT2D eigenvalue weighted by atomic mass is 9.95. The van der Waals surface area contributed by atoms with E-state index in [1.165, 1.54) is 12.1 Å². The summed E-state index contributed by atoms with van der Waals surface area (Å²) in [6.07, 6.45) is 2.18.